The first-order chi connectivity index (χ1) is 16.5. The number of benzene rings is 3. The van der Waals surface area contributed by atoms with Crippen LogP contribution in [-0.4, -0.2) is 40.1 Å². The average molecular weight is 453 g/mol. The van der Waals surface area contributed by atoms with Crippen molar-refractivity contribution < 1.29 is 9.59 Å². The first-order valence-corrected chi connectivity index (χ1v) is 11.3. The van der Waals surface area contributed by atoms with Crippen molar-refractivity contribution in [3.63, 3.8) is 0 Å². The summed E-state index contributed by atoms with van der Waals surface area (Å²) in [5.41, 5.74) is 4.84. The molecule has 0 bridgehead atoms. The van der Waals surface area contributed by atoms with E-state index in [1.54, 1.807) is 17.9 Å². The van der Waals surface area contributed by atoms with Gasteiger partial charge in [0.1, 0.15) is 5.69 Å². The van der Waals surface area contributed by atoms with Crippen molar-refractivity contribution in [2.75, 3.05) is 18.9 Å². The lowest BCUT2D eigenvalue weighted by atomic mass is 10.1. The zero-order valence-corrected chi connectivity index (χ0v) is 19.4. The van der Waals surface area contributed by atoms with Crippen molar-refractivity contribution in [2.24, 2.45) is 0 Å². The molecular formula is C28H28N4O2. The molecule has 0 aliphatic heterocycles. The van der Waals surface area contributed by atoms with Crippen LogP contribution in [0, 0.1) is 0 Å². The van der Waals surface area contributed by atoms with Gasteiger partial charge in [-0.3, -0.25) is 14.3 Å². The van der Waals surface area contributed by atoms with Crippen molar-refractivity contribution in [3.05, 3.63) is 108 Å². The van der Waals surface area contributed by atoms with Crippen molar-refractivity contribution in [2.45, 2.75) is 19.9 Å². The Kier molecular flexibility index (Phi) is 7.18. The molecule has 172 valence electrons. The zero-order chi connectivity index (χ0) is 23.9. The third-order valence-corrected chi connectivity index (χ3v) is 5.63. The van der Waals surface area contributed by atoms with Gasteiger partial charge >= 0.3 is 0 Å². The summed E-state index contributed by atoms with van der Waals surface area (Å²) in [7, 11) is 1.64. The maximum Gasteiger partial charge on any atom is 0.257 e. The Morgan fingerprint density at radius 2 is 1.56 bits per heavy atom. The van der Waals surface area contributed by atoms with Crippen LogP contribution in [0.15, 0.2) is 91.1 Å². The molecule has 0 spiro atoms. The summed E-state index contributed by atoms with van der Waals surface area (Å²) >= 11 is 0. The fourth-order valence-electron chi connectivity index (χ4n) is 3.87. The Balaban J connectivity index is 1.55. The maximum absolute atomic E-state index is 13.4. The largest absolute Gasteiger partial charge is 0.332 e. The minimum Gasteiger partial charge on any atom is -0.332 e. The fraction of sp³-hybridized carbons (Fsp3) is 0.179. The Labute approximate surface area is 199 Å². The lowest BCUT2D eigenvalue weighted by Gasteiger charge is -2.17. The molecule has 0 saturated carbocycles. The molecule has 0 fully saturated rings. The number of nitrogens with zero attached hydrogens (tertiary/aromatic N) is 3. The molecule has 6 heteroatoms. The van der Waals surface area contributed by atoms with Crippen molar-refractivity contribution in [1.29, 1.82) is 0 Å². The Bertz CT molecular complexity index is 1270. The number of anilines is 1. The van der Waals surface area contributed by atoms with Crippen molar-refractivity contribution >= 4 is 17.5 Å². The number of nitrogens with one attached hydrogen (secondary N) is 1. The van der Waals surface area contributed by atoms with E-state index in [1.165, 1.54) is 4.90 Å². The predicted octanol–water partition coefficient (Wildman–Crippen LogP) is 4.87. The van der Waals surface area contributed by atoms with E-state index in [4.69, 9.17) is 5.10 Å². The van der Waals surface area contributed by atoms with Gasteiger partial charge in [-0.1, -0.05) is 85.8 Å². The summed E-state index contributed by atoms with van der Waals surface area (Å²) in [6, 6.07) is 27.3. The molecule has 34 heavy (non-hydrogen) atoms. The van der Waals surface area contributed by atoms with Gasteiger partial charge in [-0.15, -0.1) is 0 Å². The number of aromatic nitrogens is 2. The fourth-order valence-corrected chi connectivity index (χ4v) is 3.87. The number of hydrogen-bond donors (Lipinski definition) is 1. The smallest absolute Gasteiger partial charge is 0.257 e. The summed E-state index contributed by atoms with van der Waals surface area (Å²) < 4.78 is 1.77. The highest BCUT2D eigenvalue weighted by Crippen LogP contribution is 2.24. The topological polar surface area (TPSA) is 67.2 Å². The molecule has 0 unspecified atom stereocenters. The second kappa shape index (κ2) is 10.6. The normalized spacial score (nSPS) is 10.6. The number of amides is 2. The zero-order valence-electron chi connectivity index (χ0n) is 19.4. The molecule has 3 aromatic carbocycles. The van der Waals surface area contributed by atoms with Gasteiger partial charge in [0, 0.05) is 24.5 Å². The summed E-state index contributed by atoms with van der Waals surface area (Å²) in [5.74, 6) is -0.494. The van der Waals surface area contributed by atoms with E-state index >= 15 is 0 Å². The summed E-state index contributed by atoms with van der Waals surface area (Å²) in [6.07, 6.45) is 2.57. The van der Waals surface area contributed by atoms with Gasteiger partial charge in [0.15, 0.2) is 0 Å². The molecule has 4 aromatic rings. The molecule has 0 aliphatic rings. The monoisotopic (exact) mass is 452 g/mol. The minimum absolute atomic E-state index is 0.0605. The second-order valence-corrected chi connectivity index (χ2v) is 8.16. The van der Waals surface area contributed by atoms with Crippen LogP contribution in [0.25, 0.3) is 11.3 Å². The lowest BCUT2D eigenvalue weighted by molar-refractivity contribution is -0.116. The van der Waals surface area contributed by atoms with E-state index in [0.717, 1.165) is 28.8 Å². The van der Waals surface area contributed by atoms with Crippen LogP contribution in [0.1, 0.15) is 28.4 Å². The van der Waals surface area contributed by atoms with E-state index < -0.39 is 0 Å². The SMILES string of the molecule is CCc1ccccc1NC(=O)CN(C)C(=O)c1cn(Cc2ccccc2)nc1-c1ccccc1. The quantitative estimate of drug-likeness (QED) is 0.415. The number of carbonyl (C=O) groups excluding carboxylic acids is 2. The van der Waals surface area contributed by atoms with E-state index in [1.807, 2.05) is 91.9 Å². The number of para-hydroxylation sites is 1. The molecule has 1 N–H and O–H groups in total. The Morgan fingerprint density at radius 1 is 0.912 bits per heavy atom. The van der Waals surface area contributed by atoms with Gasteiger partial charge in [-0.2, -0.15) is 5.10 Å². The molecular weight excluding hydrogens is 424 g/mol. The standard InChI is InChI=1S/C28H28N4O2/c1-3-22-14-10-11-17-25(22)29-26(33)20-31(2)28(34)24-19-32(18-21-12-6-4-7-13-21)30-27(24)23-15-8-5-9-16-23/h4-17,19H,3,18,20H2,1-2H3,(H,29,33). The minimum atomic E-state index is -0.253. The van der Waals surface area contributed by atoms with Crippen LogP contribution < -0.4 is 5.32 Å². The Morgan fingerprint density at radius 3 is 2.26 bits per heavy atom. The molecule has 0 saturated heterocycles. The van der Waals surface area contributed by atoms with Gasteiger partial charge in [0.2, 0.25) is 5.91 Å². The van der Waals surface area contributed by atoms with Gasteiger partial charge in [-0.05, 0) is 23.6 Å². The Hall–Kier alpha value is -4.19. The second-order valence-electron chi connectivity index (χ2n) is 8.16. The molecule has 1 heterocycles. The highest BCUT2D eigenvalue weighted by Gasteiger charge is 2.23. The van der Waals surface area contributed by atoms with E-state index in [2.05, 4.69) is 5.32 Å². The third kappa shape index (κ3) is 5.41. The van der Waals surface area contributed by atoms with Crippen LogP contribution >= 0.6 is 0 Å². The maximum atomic E-state index is 13.4. The van der Waals surface area contributed by atoms with Gasteiger partial charge in [0.25, 0.3) is 5.91 Å². The lowest BCUT2D eigenvalue weighted by Crippen LogP contribution is -2.35. The van der Waals surface area contributed by atoms with Gasteiger partial charge < -0.3 is 10.2 Å². The van der Waals surface area contributed by atoms with E-state index in [9.17, 15) is 9.59 Å². The highest BCUT2D eigenvalue weighted by molar-refractivity contribution is 6.02. The molecule has 2 amide bonds. The molecule has 1 aromatic heterocycles. The highest BCUT2D eigenvalue weighted by atomic mass is 16.2. The van der Waals surface area contributed by atoms with Gasteiger partial charge in [0.05, 0.1) is 18.7 Å². The summed E-state index contributed by atoms with van der Waals surface area (Å²) in [6.45, 7) is 2.53. The number of carbonyl (C=O) groups is 2. The molecule has 0 aliphatic carbocycles. The molecule has 0 atom stereocenters. The number of rotatable bonds is 8. The predicted molar refractivity (Wildman–Crippen MR) is 135 cm³/mol. The number of hydrogen-bond acceptors (Lipinski definition) is 3. The summed E-state index contributed by atoms with van der Waals surface area (Å²) in [5, 5.41) is 7.65. The van der Waals surface area contributed by atoms with Crippen LogP contribution in [-0.2, 0) is 17.8 Å². The van der Waals surface area contributed by atoms with Crippen LogP contribution in [0.4, 0.5) is 5.69 Å². The van der Waals surface area contributed by atoms with Crippen LogP contribution in [0.2, 0.25) is 0 Å². The van der Waals surface area contributed by atoms with E-state index in [-0.39, 0.29) is 18.4 Å². The third-order valence-electron chi connectivity index (χ3n) is 5.63. The molecule has 4 rings (SSSR count). The summed E-state index contributed by atoms with van der Waals surface area (Å²) in [4.78, 5) is 27.5. The van der Waals surface area contributed by atoms with E-state index in [0.29, 0.717) is 17.8 Å². The van der Waals surface area contributed by atoms with Crippen LogP contribution in [0.3, 0.4) is 0 Å². The molecule has 0 radical (unpaired) electrons. The molecule has 6 nitrogen and oxygen atoms in total. The van der Waals surface area contributed by atoms with Gasteiger partial charge in [-0.25, -0.2) is 0 Å². The first kappa shape index (κ1) is 23.0. The number of likely N-dealkylation sites (N-methyl/N-ethyl adjacent to an activating group) is 1. The average Bonchev–Trinajstić information content (AvgIpc) is 3.28. The van der Waals surface area contributed by atoms with Crippen molar-refractivity contribution in [3.8, 4) is 11.3 Å². The van der Waals surface area contributed by atoms with Crippen molar-refractivity contribution in [1.82, 2.24) is 14.7 Å². The van der Waals surface area contributed by atoms with Crippen LogP contribution in [0.5, 0.6) is 0 Å². The number of aryl methyl sites for hydroxylation is 1. The first-order valence-electron chi connectivity index (χ1n) is 11.3.